The van der Waals surface area contributed by atoms with Crippen LogP contribution in [0, 0.1) is 3.57 Å². The minimum atomic E-state index is -1.23. The van der Waals surface area contributed by atoms with Gasteiger partial charge in [-0.3, -0.25) is 14.4 Å². The number of methoxy groups -OCH3 is 1. The third-order valence-electron chi connectivity index (χ3n) is 6.22. The van der Waals surface area contributed by atoms with Crippen LogP contribution in [0.1, 0.15) is 36.2 Å². The summed E-state index contributed by atoms with van der Waals surface area (Å²) in [7, 11) is 1.43. The van der Waals surface area contributed by atoms with E-state index >= 15 is 0 Å². The van der Waals surface area contributed by atoms with Crippen molar-refractivity contribution in [2.45, 2.75) is 45.1 Å². The standard InChI is InChI=1S/C29H32ClIN2O7/c1-17(2)10-26(36)33(15-18-4-6-21(30)7-5-18)23-13-20(29(38)32-8-9-34)14-24(27(23)37)40-28-22(31)11-19(16-35)12-25(28)39-3/h4-7,10-12,14,16,23-24,27,34,37H,8-9,13,15H2,1-3H3,(H,32,38)/t23-,24+,27+/m1/s1. The molecule has 0 saturated carbocycles. The first-order chi connectivity index (χ1) is 19.1. The molecule has 2 aromatic carbocycles. The number of hydrogen-bond acceptors (Lipinski definition) is 7. The molecule has 3 rings (SSSR count). The van der Waals surface area contributed by atoms with Gasteiger partial charge in [-0.1, -0.05) is 29.3 Å². The van der Waals surface area contributed by atoms with E-state index in [-0.39, 0.29) is 43.5 Å². The van der Waals surface area contributed by atoms with Crippen molar-refractivity contribution in [3.63, 3.8) is 0 Å². The smallest absolute Gasteiger partial charge is 0.247 e. The summed E-state index contributed by atoms with van der Waals surface area (Å²) in [6.45, 7) is 3.54. The predicted octanol–water partition coefficient (Wildman–Crippen LogP) is 3.68. The quantitative estimate of drug-likeness (QED) is 0.188. The Kier molecular flexibility index (Phi) is 11.6. The van der Waals surface area contributed by atoms with E-state index in [1.165, 1.54) is 30.2 Å². The number of benzene rings is 2. The summed E-state index contributed by atoms with van der Waals surface area (Å²) in [6.07, 6.45) is 1.45. The van der Waals surface area contributed by atoms with Crippen LogP contribution in [0.3, 0.4) is 0 Å². The summed E-state index contributed by atoms with van der Waals surface area (Å²) >= 11 is 8.06. The molecule has 0 fully saturated rings. The van der Waals surface area contributed by atoms with Gasteiger partial charge in [0.1, 0.15) is 18.5 Å². The van der Waals surface area contributed by atoms with Gasteiger partial charge < -0.3 is 29.9 Å². The van der Waals surface area contributed by atoms with Gasteiger partial charge in [-0.05, 0) is 72.3 Å². The maximum Gasteiger partial charge on any atom is 0.247 e. The van der Waals surface area contributed by atoms with E-state index < -0.39 is 24.2 Å². The molecular formula is C29H32ClIN2O7. The lowest BCUT2D eigenvalue weighted by atomic mass is 9.87. The van der Waals surface area contributed by atoms with Crippen LogP contribution in [0.5, 0.6) is 11.5 Å². The number of nitrogens with zero attached hydrogens (tertiary/aromatic N) is 1. The van der Waals surface area contributed by atoms with Crippen LogP contribution < -0.4 is 14.8 Å². The SMILES string of the molecule is COc1cc(C=O)cc(I)c1O[C@H]1C=C(C(=O)NCCO)C[C@@H](N(Cc2ccc(Cl)cc2)C(=O)C=C(C)C)[C@@H]1O. The zero-order valence-electron chi connectivity index (χ0n) is 22.4. The first kappa shape index (κ1) is 31.6. The lowest BCUT2D eigenvalue weighted by molar-refractivity contribution is -0.134. The van der Waals surface area contributed by atoms with E-state index in [1.807, 2.05) is 22.6 Å². The van der Waals surface area contributed by atoms with Gasteiger partial charge in [-0.15, -0.1) is 0 Å². The fourth-order valence-corrected chi connectivity index (χ4v) is 5.19. The highest BCUT2D eigenvalue weighted by atomic mass is 127. The Morgan fingerprint density at radius 3 is 2.52 bits per heavy atom. The van der Waals surface area contributed by atoms with Gasteiger partial charge in [-0.25, -0.2) is 0 Å². The van der Waals surface area contributed by atoms with Gasteiger partial charge in [-0.2, -0.15) is 0 Å². The van der Waals surface area contributed by atoms with Crippen molar-refractivity contribution in [2.24, 2.45) is 0 Å². The number of carbonyl (C=O) groups excluding carboxylic acids is 3. The van der Waals surface area contributed by atoms with Crippen molar-refractivity contribution < 1.29 is 34.1 Å². The zero-order valence-corrected chi connectivity index (χ0v) is 25.3. The number of allylic oxidation sites excluding steroid dienone is 1. The van der Waals surface area contributed by atoms with E-state index in [0.717, 1.165) is 11.1 Å². The lowest BCUT2D eigenvalue weighted by Gasteiger charge is -2.40. The molecule has 2 aromatic rings. The molecule has 214 valence electrons. The van der Waals surface area contributed by atoms with Gasteiger partial charge in [0.2, 0.25) is 11.8 Å². The zero-order chi connectivity index (χ0) is 29.4. The summed E-state index contributed by atoms with van der Waals surface area (Å²) in [6, 6.07) is 9.30. The maximum atomic E-state index is 13.5. The van der Waals surface area contributed by atoms with Gasteiger partial charge in [0.25, 0.3) is 0 Å². The van der Waals surface area contributed by atoms with Crippen LogP contribution in [-0.2, 0) is 16.1 Å². The number of aliphatic hydroxyl groups excluding tert-OH is 2. The normalized spacial score (nSPS) is 18.3. The van der Waals surface area contributed by atoms with Crippen molar-refractivity contribution in [2.75, 3.05) is 20.3 Å². The van der Waals surface area contributed by atoms with E-state index in [0.29, 0.717) is 26.0 Å². The Hall–Kier alpha value is -2.93. The van der Waals surface area contributed by atoms with Crippen molar-refractivity contribution >= 4 is 52.3 Å². The van der Waals surface area contributed by atoms with Crippen LogP contribution in [0.25, 0.3) is 0 Å². The van der Waals surface area contributed by atoms with Gasteiger partial charge >= 0.3 is 0 Å². The summed E-state index contributed by atoms with van der Waals surface area (Å²) in [5.41, 5.74) is 2.23. The topological polar surface area (TPSA) is 125 Å². The molecule has 1 aliphatic rings. The molecule has 0 heterocycles. The minimum Gasteiger partial charge on any atom is -0.493 e. The molecule has 0 aliphatic heterocycles. The summed E-state index contributed by atoms with van der Waals surface area (Å²) in [5.74, 6) is -0.220. The van der Waals surface area contributed by atoms with Crippen molar-refractivity contribution in [1.29, 1.82) is 0 Å². The number of ether oxygens (including phenoxy) is 2. The number of nitrogens with one attached hydrogen (secondary N) is 1. The average Bonchev–Trinajstić information content (AvgIpc) is 2.92. The first-order valence-electron chi connectivity index (χ1n) is 12.5. The summed E-state index contributed by atoms with van der Waals surface area (Å²) in [5, 5.41) is 24.0. The molecule has 0 radical (unpaired) electrons. The number of amides is 2. The first-order valence-corrected chi connectivity index (χ1v) is 14.0. The summed E-state index contributed by atoms with van der Waals surface area (Å²) < 4.78 is 12.2. The molecule has 11 heteroatoms. The fourth-order valence-electron chi connectivity index (χ4n) is 4.31. The number of hydrogen-bond donors (Lipinski definition) is 3. The molecule has 0 saturated heterocycles. The molecule has 9 nitrogen and oxygen atoms in total. The highest BCUT2D eigenvalue weighted by molar-refractivity contribution is 14.1. The van der Waals surface area contributed by atoms with E-state index in [4.69, 9.17) is 21.1 Å². The monoisotopic (exact) mass is 682 g/mol. The predicted molar refractivity (Wildman–Crippen MR) is 160 cm³/mol. The second-order valence-electron chi connectivity index (χ2n) is 9.48. The fraction of sp³-hybridized carbons (Fsp3) is 0.345. The maximum absolute atomic E-state index is 13.5. The number of rotatable bonds is 11. The number of aliphatic hydroxyl groups is 2. The van der Waals surface area contributed by atoms with E-state index in [2.05, 4.69) is 5.32 Å². The Bertz CT molecular complexity index is 1290. The molecule has 1 aliphatic carbocycles. The second kappa shape index (κ2) is 14.6. The minimum absolute atomic E-state index is 0.0407. The highest BCUT2D eigenvalue weighted by Crippen LogP contribution is 2.37. The molecule has 40 heavy (non-hydrogen) atoms. The average molecular weight is 683 g/mol. The second-order valence-corrected chi connectivity index (χ2v) is 11.1. The third kappa shape index (κ3) is 8.06. The van der Waals surface area contributed by atoms with Crippen LogP contribution in [-0.4, -0.2) is 71.7 Å². The number of carbonyl (C=O) groups is 3. The van der Waals surface area contributed by atoms with Crippen LogP contribution in [0.4, 0.5) is 0 Å². The van der Waals surface area contributed by atoms with Crippen LogP contribution in [0.15, 0.2) is 59.7 Å². The largest absolute Gasteiger partial charge is 0.493 e. The molecule has 0 unspecified atom stereocenters. The van der Waals surface area contributed by atoms with Gasteiger partial charge in [0.05, 0.1) is 23.3 Å². The molecule has 0 bridgehead atoms. The van der Waals surface area contributed by atoms with Gasteiger partial charge in [0, 0.05) is 41.7 Å². The van der Waals surface area contributed by atoms with E-state index in [9.17, 15) is 24.6 Å². The van der Waals surface area contributed by atoms with Crippen molar-refractivity contribution in [1.82, 2.24) is 10.2 Å². The van der Waals surface area contributed by atoms with Crippen molar-refractivity contribution in [3.8, 4) is 11.5 Å². The Labute approximate surface area is 251 Å². The molecule has 3 atom stereocenters. The van der Waals surface area contributed by atoms with Crippen LogP contribution >= 0.6 is 34.2 Å². The molecule has 0 aromatic heterocycles. The van der Waals surface area contributed by atoms with Gasteiger partial charge in [0.15, 0.2) is 11.5 Å². The number of aldehydes is 1. The number of halogens is 2. The molecular weight excluding hydrogens is 651 g/mol. The Balaban J connectivity index is 2.07. The third-order valence-corrected chi connectivity index (χ3v) is 7.27. The Morgan fingerprint density at radius 2 is 1.93 bits per heavy atom. The Morgan fingerprint density at radius 1 is 1.23 bits per heavy atom. The molecule has 0 spiro atoms. The summed E-state index contributed by atoms with van der Waals surface area (Å²) in [4.78, 5) is 39.4. The highest BCUT2D eigenvalue weighted by Gasteiger charge is 2.40. The van der Waals surface area contributed by atoms with Crippen molar-refractivity contribution in [3.05, 3.63) is 79.4 Å². The molecule has 2 amide bonds. The lowest BCUT2D eigenvalue weighted by Crippen LogP contribution is -2.54. The molecule has 3 N–H and O–H groups in total. The van der Waals surface area contributed by atoms with E-state index in [1.54, 1.807) is 44.2 Å². The van der Waals surface area contributed by atoms with Crippen LogP contribution in [0.2, 0.25) is 5.02 Å².